The number of benzene rings is 1. The van der Waals surface area contributed by atoms with Crippen molar-refractivity contribution in [3.8, 4) is 5.75 Å². The molecule has 5 nitrogen and oxygen atoms in total. The van der Waals surface area contributed by atoms with Gasteiger partial charge in [0.1, 0.15) is 11.5 Å². The number of phenols is 1. The fourth-order valence-electron chi connectivity index (χ4n) is 1.54. The average Bonchev–Trinajstić information content (AvgIpc) is 2.33. The molecule has 0 aliphatic heterocycles. The Bertz CT molecular complexity index is 488. The number of hydrogen-bond acceptors (Lipinski definition) is 5. The molecule has 8 heteroatoms. The quantitative estimate of drug-likeness (QED) is 0.449. The Labute approximate surface area is 140 Å². The summed E-state index contributed by atoms with van der Waals surface area (Å²) in [6.07, 6.45) is 0. The van der Waals surface area contributed by atoms with Gasteiger partial charge in [-0.3, -0.25) is 4.57 Å². The van der Waals surface area contributed by atoms with Crippen LogP contribution in [0.4, 0.5) is 0 Å². The smallest absolute Gasteiger partial charge is 0.351 e. The molecule has 1 rings (SSSR count). The Hall–Kier alpha value is 0.590. The molecule has 19 heavy (non-hydrogen) atoms. The average molecular weight is 511 g/mol. The highest BCUT2D eigenvalue weighted by molar-refractivity contribution is 14.1. The second-order valence-electron chi connectivity index (χ2n) is 3.65. The van der Waals surface area contributed by atoms with Crippen molar-refractivity contribution in [3.05, 3.63) is 24.8 Å². The number of rotatable bonds is 6. The molecule has 0 unspecified atom stereocenters. The molecule has 3 N–H and O–H groups in total. The van der Waals surface area contributed by atoms with Gasteiger partial charge in [0.2, 0.25) is 0 Å². The summed E-state index contributed by atoms with van der Waals surface area (Å²) in [6, 6.07) is 3.49. The second kappa shape index (κ2) is 7.56. The van der Waals surface area contributed by atoms with Crippen molar-refractivity contribution >= 4 is 52.8 Å². The Kier molecular flexibility index (Phi) is 7.02. The first kappa shape index (κ1) is 17.6. The fraction of sp³-hybridized carbons (Fsp3) is 0.455. The fourth-order valence-corrected chi connectivity index (χ4v) is 5.08. The van der Waals surface area contributed by atoms with E-state index in [4.69, 9.17) is 14.8 Å². The van der Waals surface area contributed by atoms with E-state index in [-0.39, 0.29) is 19.0 Å². The number of aromatic hydroxyl groups is 1. The molecule has 0 aromatic heterocycles. The van der Waals surface area contributed by atoms with Gasteiger partial charge in [-0.2, -0.15) is 0 Å². The maximum atomic E-state index is 12.6. The molecular formula is C11H16I2NO4P. The summed E-state index contributed by atoms with van der Waals surface area (Å²) in [5.41, 5.74) is 6.38. The molecule has 1 atom stereocenters. The zero-order chi connectivity index (χ0) is 14.6. The van der Waals surface area contributed by atoms with Gasteiger partial charge in [-0.1, -0.05) is 0 Å². The normalized spacial score (nSPS) is 13.5. The topological polar surface area (TPSA) is 81.8 Å². The van der Waals surface area contributed by atoms with E-state index in [1.807, 2.05) is 22.6 Å². The molecule has 0 heterocycles. The second-order valence-corrected chi connectivity index (χ2v) is 8.21. The molecule has 0 amide bonds. The summed E-state index contributed by atoms with van der Waals surface area (Å²) < 4.78 is 24.6. The summed E-state index contributed by atoms with van der Waals surface area (Å²) in [4.78, 5) is 0. The van der Waals surface area contributed by atoms with Gasteiger partial charge in [0.25, 0.3) is 0 Å². The third kappa shape index (κ3) is 4.28. The lowest BCUT2D eigenvalue weighted by atomic mass is 10.2. The lowest BCUT2D eigenvalue weighted by molar-refractivity contribution is 0.212. The van der Waals surface area contributed by atoms with E-state index in [9.17, 15) is 9.67 Å². The molecule has 0 saturated carbocycles. The highest BCUT2D eigenvalue weighted by Gasteiger charge is 2.36. The lowest BCUT2D eigenvalue weighted by Gasteiger charge is -2.24. The summed E-state index contributed by atoms with van der Waals surface area (Å²) in [5, 5.41) is 10.1. The van der Waals surface area contributed by atoms with Gasteiger partial charge < -0.3 is 19.9 Å². The molecule has 0 fully saturated rings. The van der Waals surface area contributed by atoms with Crippen LogP contribution in [0.5, 0.6) is 5.75 Å². The Balaban J connectivity index is 3.24. The van der Waals surface area contributed by atoms with Crippen molar-refractivity contribution in [1.82, 2.24) is 0 Å². The van der Waals surface area contributed by atoms with Crippen LogP contribution in [-0.2, 0) is 13.6 Å². The molecule has 0 bridgehead atoms. The standard InChI is InChI=1S/C11H16I2NO4P/c1-3-17-19(16,18-4-2)11(14)8-5-7(12)6-9(13)10(8)15/h5-6,11,15H,3-4,14H2,1-2H3/t11-/m1/s1. The van der Waals surface area contributed by atoms with E-state index < -0.39 is 13.4 Å². The van der Waals surface area contributed by atoms with Crippen molar-refractivity contribution in [2.75, 3.05) is 13.2 Å². The van der Waals surface area contributed by atoms with Crippen LogP contribution in [0.2, 0.25) is 0 Å². The van der Waals surface area contributed by atoms with Crippen LogP contribution in [-0.4, -0.2) is 18.3 Å². The molecule has 1 aromatic carbocycles. The van der Waals surface area contributed by atoms with Crippen molar-refractivity contribution in [1.29, 1.82) is 0 Å². The van der Waals surface area contributed by atoms with Gasteiger partial charge in [0.15, 0.2) is 0 Å². The van der Waals surface area contributed by atoms with E-state index in [0.717, 1.165) is 3.57 Å². The van der Waals surface area contributed by atoms with Crippen LogP contribution >= 0.6 is 52.8 Å². The molecule has 0 aliphatic carbocycles. The van der Waals surface area contributed by atoms with Gasteiger partial charge in [-0.15, -0.1) is 0 Å². The van der Waals surface area contributed by atoms with Gasteiger partial charge in [-0.05, 0) is 71.2 Å². The maximum absolute atomic E-state index is 12.6. The Morgan fingerprint density at radius 1 is 1.32 bits per heavy atom. The van der Waals surface area contributed by atoms with Crippen LogP contribution < -0.4 is 5.73 Å². The predicted octanol–water partition coefficient (Wildman–Crippen LogP) is 3.82. The van der Waals surface area contributed by atoms with Crippen LogP contribution in [0.1, 0.15) is 25.2 Å². The zero-order valence-electron chi connectivity index (χ0n) is 10.6. The first-order valence-electron chi connectivity index (χ1n) is 5.68. The van der Waals surface area contributed by atoms with Crippen molar-refractivity contribution in [3.63, 3.8) is 0 Å². The maximum Gasteiger partial charge on any atom is 0.351 e. The van der Waals surface area contributed by atoms with E-state index in [1.165, 1.54) is 0 Å². The number of nitrogens with two attached hydrogens (primary N) is 1. The summed E-state index contributed by atoms with van der Waals surface area (Å²) in [6.45, 7) is 3.90. The third-order valence-corrected chi connectivity index (χ3v) is 5.98. The first-order chi connectivity index (χ1) is 8.85. The van der Waals surface area contributed by atoms with E-state index >= 15 is 0 Å². The highest BCUT2D eigenvalue weighted by Crippen LogP contribution is 2.59. The molecular weight excluding hydrogens is 495 g/mol. The highest BCUT2D eigenvalue weighted by atomic mass is 127. The van der Waals surface area contributed by atoms with Crippen LogP contribution in [0.25, 0.3) is 0 Å². The van der Waals surface area contributed by atoms with E-state index in [0.29, 0.717) is 9.13 Å². The van der Waals surface area contributed by atoms with Crippen molar-refractivity contribution in [2.24, 2.45) is 5.73 Å². The van der Waals surface area contributed by atoms with Gasteiger partial charge in [-0.25, -0.2) is 0 Å². The van der Waals surface area contributed by atoms with E-state index in [2.05, 4.69) is 22.6 Å². The minimum atomic E-state index is -3.49. The number of halogens is 2. The molecule has 0 radical (unpaired) electrons. The van der Waals surface area contributed by atoms with Gasteiger partial charge >= 0.3 is 7.60 Å². The molecule has 1 aromatic rings. The van der Waals surface area contributed by atoms with E-state index in [1.54, 1.807) is 26.0 Å². The Morgan fingerprint density at radius 3 is 2.32 bits per heavy atom. The van der Waals surface area contributed by atoms with Crippen LogP contribution in [0.15, 0.2) is 12.1 Å². The van der Waals surface area contributed by atoms with Crippen molar-refractivity contribution < 1.29 is 18.7 Å². The largest absolute Gasteiger partial charge is 0.506 e. The minimum Gasteiger partial charge on any atom is -0.506 e. The minimum absolute atomic E-state index is 0.0214. The van der Waals surface area contributed by atoms with Crippen LogP contribution in [0, 0.1) is 7.14 Å². The Morgan fingerprint density at radius 2 is 1.84 bits per heavy atom. The monoisotopic (exact) mass is 511 g/mol. The first-order valence-corrected chi connectivity index (χ1v) is 9.45. The lowest BCUT2D eigenvalue weighted by Crippen LogP contribution is -2.15. The summed E-state index contributed by atoms with van der Waals surface area (Å²) in [7, 11) is -3.49. The number of phenolic OH excluding ortho intramolecular Hbond substituents is 1. The molecule has 0 spiro atoms. The summed E-state index contributed by atoms with van der Waals surface area (Å²) >= 11 is 4.11. The van der Waals surface area contributed by atoms with Crippen molar-refractivity contribution in [2.45, 2.75) is 19.6 Å². The van der Waals surface area contributed by atoms with Gasteiger partial charge in [0.05, 0.1) is 16.8 Å². The van der Waals surface area contributed by atoms with Crippen LogP contribution in [0.3, 0.4) is 0 Å². The zero-order valence-corrected chi connectivity index (χ0v) is 15.8. The molecule has 108 valence electrons. The molecule has 0 saturated heterocycles. The molecule has 0 aliphatic rings. The number of hydrogen-bond donors (Lipinski definition) is 2. The summed E-state index contributed by atoms with van der Waals surface area (Å²) in [5.74, 6) is -0.983. The SMILES string of the molecule is CCOP(=O)(OCC)[C@@H](N)c1cc(I)cc(I)c1O. The predicted molar refractivity (Wildman–Crippen MR) is 91.3 cm³/mol. The van der Waals surface area contributed by atoms with Gasteiger partial charge in [0, 0.05) is 9.13 Å². The third-order valence-electron chi connectivity index (χ3n) is 2.34.